The molecule has 2 atom stereocenters. The van der Waals surface area contributed by atoms with Gasteiger partial charge in [-0.15, -0.1) is 0 Å². The Morgan fingerprint density at radius 3 is 2.90 bits per heavy atom. The second-order valence-corrected chi connectivity index (χ2v) is 6.35. The van der Waals surface area contributed by atoms with E-state index in [9.17, 15) is 0 Å². The van der Waals surface area contributed by atoms with Gasteiger partial charge < -0.3 is 9.47 Å². The summed E-state index contributed by atoms with van der Waals surface area (Å²) in [6.45, 7) is 8.69. The van der Waals surface area contributed by atoms with Crippen molar-refractivity contribution in [2.24, 2.45) is 11.3 Å². The second kappa shape index (κ2) is 5.28. The maximum Gasteiger partial charge on any atom is 0.161 e. The number of methoxy groups -OCH3 is 1. The van der Waals surface area contributed by atoms with Crippen molar-refractivity contribution < 1.29 is 9.47 Å². The van der Waals surface area contributed by atoms with Crippen molar-refractivity contribution in [3.05, 3.63) is 23.8 Å². The Hall–Kier alpha value is -1.22. The summed E-state index contributed by atoms with van der Waals surface area (Å²) in [5.74, 6) is 2.65. The fourth-order valence-corrected chi connectivity index (χ4v) is 3.60. The lowest BCUT2D eigenvalue weighted by Crippen LogP contribution is -2.29. The molecule has 1 heterocycles. The number of benzene rings is 1. The summed E-state index contributed by atoms with van der Waals surface area (Å²) in [6, 6.07) is 6.09. The molecule has 1 aromatic rings. The number of ether oxygens (including phenoxy) is 2. The van der Waals surface area contributed by atoms with Crippen LogP contribution in [0.25, 0.3) is 0 Å². The fraction of sp³-hybridized carbons (Fsp3) is 0.647. The van der Waals surface area contributed by atoms with E-state index in [0.717, 1.165) is 30.6 Å². The van der Waals surface area contributed by atoms with Gasteiger partial charge in [0.15, 0.2) is 11.5 Å². The molecule has 0 spiro atoms. The number of nitrogens with zero attached hydrogens (tertiary/aromatic N) is 1. The lowest BCUT2D eigenvalue weighted by molar-refractivity contribution is 0.208. The minimum absolute atomic E-state index is 0.668. The number of rotatable bonds is 6. The summed E-state index contributed by atoms with van der Waals surface area (Å²) >= 11 is 0. The van der Waals surface area contributed by atoms with Crippen molar-refractivity contribution >= 4 is 0 Å². The average Bonchev–Trinajstić information content (AvgIpc) is 3.02. The minimum atomic E-state index is 0.668. The van der Waals surface area contributed by atoms with Crippen LogP contribution in [0.1, 0.15) is 25.3 Å². The zero-order chi connectivity index (χ0) is 14.2. The Bertz CT molecular complexity index is 484. The molecule has 0 radical (unpaired) electrons. The van der Waals surface area contributed by atoms with Gasteiger partial charge in [0.25, 0.3) is 0 Å². The predicted molar refractivity (Wildman–Crippen MR) is 80.5 cm³/mol. The molecule has 110 valence electrons. The van der Waals surface area contributed by atoms with E-state index in [2.05, 4.69) is 24.8 Å². The Kier molecular flexibility index (Phi) is 3.63. The topological polar surface area (TPSA) is 21.7 Å². The van der Waals surface area contributed by atoms with Crippen LogP contribution in [0.5, 0.6) is 11.5 Å². The van der Waals surface area contributed by atoms with Crippen LogP contribution < -0.4 is 9.47 Å². The predicted octanol–water partition coefficient (Wildman–Crippen LogP) is 3.11. The van der Waals surface area contributed by atoms with Crippen LogP contribution in [-0.2, 0) is 0 Å². The fourth-order valence-electron chi connectivity index (χ4n) is 3.60. The summed E-state index contributed by atoms with van der Waals surface area (Å²) in [4.78, 5) is 2.55. The van der Waals surface area contributed by atoms with Crippen molar-refractivity contribution in [3.63, 3.8) is 0 Å². The lowest BCUT2D eigenvalue weighted by Gasteiger charge is -2.20. The highest BCUT2D eigenvalue weighted by Crippen LogP contribution is 2.59. The van der Waals surface area contributed by atoms with Gasteiger partial charge in [-0.25, -0.2) is 0 Å². The van der Waals surface area contributed by atoms with Crippen molar-refractivity contribution in [1.29, 1.82) is 0 Å². The Morgan fingerprint density at radius 1 is 1.35 bits per heavy atom. The van der Waals surface area contributed by atoms with E-state index in [0.29, 0.717) is 5.41 Å². The first-order valence-electron chi connectivity index (χ1n) is 7.66. The average molecular weight is 275 g/mol. The first-order chi connectivity index (χ1) is 9.66. The number of likely N-dealkylation sites (tertiary alicyclic amines) is 1. The van der Waals surface area contributed by atoms with Gasteiger partial charge in [0.2, 0.25) is 0 Å². The van der Waals surface area contributed by atoms with E-state index < -0.39 is 0 Å². The van der Waals surface area contributed by atoms with Gasteiger partial charge >= 0.3 is 0 Å². The standard InChI is InChI=1S/C17H25NO2/c1-4-17-10-14(17)11-18(12-17)7-8-20-15-6-5-13(2)9-16(15)19-3/h5-6,9,14H,4,7-8,10-12H2,1-3H3. The summed E-state index contributed by atoms with van der Waals surface area (Å²) < 4.78 is 11.3. The number of aryl methyl sites for hydroxylation is 1. The second-order valence-electron chi connectivity index (χ2n) is 6.35. The third kappa shape index (κ3) is 2.51. The van der Waals surface area contributed by atoms with E-state index in [1.165, 1.54) is 31.5 Å². The molecule has 3 heteroatoms. The van der Waals surface area contributed by atoms with E-state index in [1.807, 2.05) is 12.1 Å². The van der Waals surface area contributed by atoms with Crippen LogP contribution in [0.15, 0.2) is 18.2 Å². The van der Waals surface area contributed by atoms with Crippen LogP contribution in [0, 0.1) is 18.3 Å². The van der Waals surface area contributed by atoms with Gasteiger partial charge in [-0.3, -0.25) is 4.90 Å². The highest BCUT2D eigenvalue weighted by atomic mass is 16.5. The quantitative estimate of drug-likeness (QED) is 0.796. The zero-order valence-electron chi connectivity index (χ0n) is 12.8. The molecule has 1 saturated heterocycles. The van der Waals surface area contributed by atoms with Crippen LogP contribution in [0.2, 0.25) is 0 Å². The maximum atomic E-state index is 5.89. The third-order valence-electron chi connectivity index (χ3n) is 5.06. The Labute approximate surface area is 121 Å². The number of hydrogen-bond donors (Lipinski definition) is 0. The zero-order valence-corrected chi connectivity index (χ0v) is 12.8. The summed E-state index contributed by atoms with van der Waals surface area (Å²) in [5, 5.41) is 0. The Morgan fingerprint density at radius 2 is 2.20 bits per heavy atom. The Balaban J connectivity index is 1.49. The lowest BCUT2D eigenvalue weighted by atomic mass is 10.0. The molecule has 1 aromatic carbocycles. The number of fused-ring (bicyclic) bond motifs is 1. The molecule has 0 bridgehead atoms. The van der Waals surface area contributed by atoms with Crippen molar-refractivity contribution in [3.8, 4) is 11.5 Å². The summed E-state index contributed by atoms with van der Waals surface area (Å²) in [5.41, 5.74) is 1.86. The molecule has 1 aliphatic heterocycles. The molecular formula is C17H25NO2. The van der Waals surface area contributed by atoms with E-state index >= 15 is 0 Å². The first-order valence-corrected chi connectivity index (χ1v) is 7.66. The number of piperidine rings is 1. The molecule has 3 nitrogen and oxygen atoms in total. The minimum Gasteiger partial charge on any atom is -0.493 e. The molecule has 20 heavy (non-hydrogen) atoms. The normalized spacial score (nSPS) is 28.2. The molecule has 0 N–H and O–H groups in total. The van der Waals surface area contributed by atoms with Gasteiger partial charge in [-0.2, -0.15) is 0 Å². The van der Waals surface area contributed by atoms with Crippen LogP contribution in [0.3, 0.4) is 0 Å². The van der Waals surface area contributed by atoms with Gasteiger partial charge in [0.1, 0.15) is 6.61 Å². The van der Waals surface area contributed by atoms with Crippen molar-refractivity contribution in [1.82, 2.24) is 4.90 Å². The molecule has 3 rings (SSSR count). The van der Waals surface area contributed by atoms with Crippen molar-refractivity contribution in [2.75, 3.05) is 33.4 Å². The molecule has 2 fully saturated rings. The van der Waals surface area contributed by atoms with E-state index in [4.69, 9.17) is 9.47 Å². The van der Waals surface area contributed by atoms with Gasteiger partial charge in [0, 0.05) is 19.6 Å². The molecule has 2 unspecified atom stereocenters. The molecule has 0 aromatic heterocycles. The van der Waals surface area contributed by atoms with Crippen molar-refractivity contribution in [2.45, 2.75) is 26.7 Å². The van der Waals surface area contributed by atoms with Crippen LogP contribution in [-0.4, -0.2) is 38.3 Å². The largest absolute Gasteiger partial charge is 0.493 e. The van der Waals surface area contributed by atoms with Gasteiger partial charge in [-0.1, -0.05) is 13.0 Å². The monoisotopic (exact) mass is 275 g/mol. The highest BCUT2D eigenvalue weighted by molar-refractivity contribution is 5.42. The molecular weight excluding hydrogens is 250 g/mol. The first kappa shape index (κ1) is 13.7. The van der Waals surface area contributed by atoms with E-state index in [-0.39, 0.29) is 0 Å². The van der Waals surface area contributed by atoms with Crippen LogP contribution in [0.4, 0.5) is 0 Å². The van der Waals surface area contributed by atoms with Gasteiger partial charge in [-0.05, 0) is 48.8 Å². The summed E-state index contributed by atoms with van der Waals surface area (Å²) in [7, 11) is 1.70. The third-order valence-corrected chi connectivity index (χ3v) is 5.06. The van der Waals surface area contributed by atoms with Gasteiger partial charge in [0.05, 0.1) is 7.11 Å². The summed E-state index contributed by atoms with van der Waals surface area (Å²) in [6.07, 6.45) is 2.79. The molecule has 1 aliphatic carbocycles. The smallest absolute Gasteiger partial charge is 0.161 e. The molecule has 1 saturated carbocycles. The SMILES string of the molecule is CCC12CC1CN(CCOc1ccc(C)cc1OC)C2. The molecule has 0 amide bonds. The van der Waals surface area contributed by atoms with Crippen LogP contribution >= 0.6 is 0 Å². The number of hydrogen-bond acceptors (Lipinski definition) is 3. The highest BCUT2D eigenvalue weighted by Gasteiger charge is 2.57. The van der Waals surface area contributed by atoms with E-state index in [1.54, 1.807) is 7.11 Å². The molecule has 2 aliphatic rings. The maximum absolute atomic E-state index is 5.89.